The lowest BCUT2D eigenvalue weighted by Crippen LogP contribution is -2.59. The molecule has 619 valence electrons. The van der Waals surface area contributed by atoms with Crippen LogP contribution in [0.5, 0.6) is 0 Å². The number of fused-ring (bicyclic) bond motifs is 2. The zero-order valence-corrected chi connectivity index (χ0v) is 69.8. The van der Waals surface area contributed by atoms with Crippen LogP contribution in [0.4, 0.5) is 17.6 Å². The first-order chi connectivity index (χ1) is 55.8. The number of benzene rings is 6. The summed E-state index contributed by atoms with van der Waals surface area (Å²) in [6.07, 6.45) is 9.36. The van der Waals surface area contributed by atoms with Gasteiger partial charge in [0.15, 0.2) is 29.4 Å². The Morgan fingerprint density at radius 1 is 0.453 bits per heavy atom. The first-order valence-electron chi connectivity index (χ1n) is 39.8. The van der Waals surface area contributed by atoms with E-state index in [1.54, 1.807) is 0 Å². The van der Waals surface area contributed by atoms with Crippen LogP contribution >= 0.6 is 24.1 Å². The van der Waals surface area contributed by atoms with Gasteiger partial charge in [-0.2, -0.15) is 26.2 Å². The lowest BCUT2D eigenvalue weighted by molar-refractivity contribution is -0.777. The minimum atomic E-state index is -4.22. The van der Waals surface area contributed by atoms with E-state index in [0.29, 0.717) is 30.1 Å². The molecule has 12 unspecified atom stereocenters. The number of aliphatic hydroxyl groups is 1. The highest BCUT2D eigenvalue weighted by Gasteiger charge is 2.73. The van der Waals surface area contributed by atoms with E-state index < -0.39 is 112 Å². The van der Waals surface area contributed by atoms with Crippen LogP contribution < -0.4 is 10.5 Å². The summed E-state index contributed by atoms with van der Waals surface area (Å²) in [5, 5.41) is 26.7. The highest BCUT2D eigenvalue weighted by atomic mass is 32.2. The molecule has 12 aliphatic carbocycles. The predicted molar refractivity (Wildman–Crippen MR) is 426 cm³/mol. The van der Waals surface area contributed by atoms with Gasteiger partial charge in [0.1, 0.15) is 53.6 Å². The lowest BCUT2D eigenvalue weighted by atomic mass is 9.40. The van der Waals surface area contributed by atoms with Gasteiger partial charge in [-0.25, -0.2) is 9.59 Å². The van der Waals surface area contributed by atoms with Gasteiger partial charge in [0.25, 0.3) is 0 Å². The molecule has 0 spiro atoms. The second kappa shape index (κ2) is 36.9. The first kappa shape index (κ1) is 88.0. The maximum absolute atomic E-state index is 13.9. The smallest absolute Gasteiger partial charge is 0.415 e. The number of aryl methyl sites for hydroxylation is 6. The third-order valence-electron chi connectivity index (χ3n) is 26.6. The Labute approximate surface area is 697 Å². The van der Waals surface area contributed by atoms with Crippen molar-refractivity contribution in [2.24, 2.45) is 94.7 Å². The van der Waals surface area contributed by atoms with Gasteiger partial charge in [-0.05, 0) is 253 Å². The van der Waals surface area contributed by atoms with Crippen LogP contribution in [0, 0.1) is 136 Å². The number of hydrogen-bond acceptors (Lipinski definition) is 21. The highest BCUT2D eigenvalue weighted by molar-refractivity contribution is 7.97. The predicted octanol–water partition coefficient (Wildman–Crippen LogP) is 13.7. The molecule has 5 radical (unpaired) electrons. The first-order valence-corrected chi connectivity index (χ1v) is 43.8. The summed E-state index contributed by atoms with van der Waals surface area (Å²) in [6.45, 7) is 17.0. The molecule has 6 aromatic carbocycles. The van der Waals surface area contributed by atoms with Crippen LogP contribution in [0.25, 0.3) is 0 Å². The van der Waals surface area contributed by atoms with Gasteiger partial charge >= 0.3 is 46.3 Å². The molecule has 12 saturated carbocycles. The number of alkyl halides is 4. The fourth-order valence-electron chi connectivity index (χ4n) is 21.3. The van der Waals surface area contributed by atoms with Crippen molar-refractivity contribution < 1.29 is 109 Å². The number of methoxy groups -OCH3 is 1. The molecule has 1 N–H and O–H groups in total. The van der Waals surface area contributed by atoms with Crippen molar-refractivity contribution in [1.29, 1.82) is 0 Å². The second-order valence-corrected chi connectivity index (χ2v) is 39.5. The SMILES string of the molecule is CC1(OC(=O)C2C3CC4C(OC(=O)C42)C3O)C2CC3CC(C2)CC1C3.CC1(OC(=O)C2C3CC4C(OC(=O)C42)C3OC(=O)C(F)(F)SOO[O-])C2CC3CC(C2)CC1C3.COC(=O)C(F)(F)SOO[O-].Cc1ccc([S+](c2ccc(C)cc2)c2ccc(C)cc2)cc1.Cc1ccc([S+](c2ccc(C)cc2)c2ccc(C)cc2)cc1.[B][B][B]. The van der Waals surface area contributed by atoms with E-state index in [0.717, 1.165) is 58.1 Å². The second-order valence-electron chi connectivity index (χ2n) is 33.9. The van der Waals surface area contributed by atoms with Gasteiger partial charge in [0, 0.05) is 46.2 Å². The van der Waals surface area contributed by atoms with E-state index in [4.69, 9.17) is 28.9 Å². The Hall–Kier alpha value is -6.83. The number of carbonyl (C=O) groups is 6. The van der Waals surface area contributed by atoms with Crippen molar-refractivity contribution in [2.45, 2.75) is 208 Å². The molecule has 2 heterocycles. The van der Waals surface area contributed by atoms with Crippen LogP contribution in [0.1, 0.15) is 124 Å². The average Bonchev–Trinajstić information content (AvgIpc) is 1.53. The molecule has 14 fully saturated rings. The molecule has 0 aromatic heterocycles. The van der Waals surface area contributed by atoms with Gasteiger partial charge in [-0.15, -0.1) is 0 Å². The fourth-order valence-corrected chi connectivity index (χ4v) is 25.9. The number of ether oxygens (including phenoxy) is 6. The zero-order chi connectivity index (χ0) is 83.7. The Morgan fingerprint density at radius 2 is 0.726 bits per heavy atom. The summed E-state index contributed by atoms with van der Waals surface area (Å²) in [7, 11) is 10.7. The molecule has 117 heavy (non-hydrogen) atoms. The summed E-state index contributed by atoms with van der Waals surface area (Å²) >= 11 is -1.52. The molecule has 12 bridgehead atoms. The van der Waals surface area contributed by atoms with Gasteiger partial charge in [0.2, 0.25) is 0 Å². The van der Waals surface area contributed by atoms with Crippen molar-refractivity contribution in [1.82, 2.24) is 0 Å². The maximum Gasteiger partial charge on any atom is 0.415 e. The van der Waals surface area contributed by atoms with E-state index in [1.807, 2.05) is 6.92 Å². The molecule has 14 aliphatic rings. The van der Waals surface area contributed by atoms with Crippen molar-refractivity contribution in [3.63, 3.8) is 0 Å². The standard InChI is InChI=1S/C22H26F2O9S.2C21H21S.C20H26O5.C3H4F2O5S.B3/c1-21(10-3-8-2-9(5-10)6-11(21)4-8)31-19(26)15-13-7-12-14(15)18(25)29-16(12)17(13)30-20(27)22(23,24)34-33-32-28;2*1-16-4-10-19(11-5-16)22(20-12-6-17(2)7-13-20)21-14-8-18(3)9-15-21;1-20(10-3-8-2-9(5-10)6-11(20)4-8)25-19(23)14-12-7-13-15(14)18(22)24-17(13)16(12)21;1-8-2(6)3(4,5)11-10-9-7;1-3-2/h8-17,28H,2-7H2,1H3;2*4-15H,1-3H3;8-17,21H,2-7H2,1H3;7H,1H3;/q;2*+1;;;/p-2. The van der Waals surface area contributed by atoms with Gasteiger partial charge < -0.3 is 44.0 Å². The van der Waals surface area contributed by atoms with Crippen molar-refractivity contribution in [2.75, 3.05) is 7.11 Å². The number of carbonyl (C=O) groups excluding carboxylic acids is 6. The normalized spacial score (nSPS) is 32.0. The number of aliphatic hydroxyl groups excluding tert-OH is 1. The van der Waals surface area contributed by atoms with Gasteiger partial charge in [-0.3, -0.25) is 29.3 Å². The van der Waals surface area contributed by atoms with Gasteiger partial charge in [-0.1, -0.05) is 106 Å². The number of rotatable bonds is 19. The summed E-state index contributed by atoms with van der Waals surface area (Å²) in [6, 6.07) is 53.6. The van der Waals surface area contributed by atoms with Gasteiger partial charge in [0.05, 0.1) is 58.7 Å². The van der Waals surface area contributed by atoms with E-state index in [-0.39, 0.29) is 75.0 Å². The largest absolute Gasteiger partial charge is 0.691 e. The summed E-state index contributed by atoms with van der Waals surface area (Å²) in [4.78, 5) is 82.0. The molecule has 0 amide bonds. The minimum absolute atomic E-state index is 0.0105. The Bertz CT molecular complexity index is 4070. The minimum Gasteiger partial charge on any atom is -0.691 e. The molecule has 20 rings (SSSR count). The van der Waals surface area contributed by atoms with E-state index in [9.17, 15) is 56.7 Å². The fraction of sp³-hybridized carbons (Fsp3) is 0.517. The van der Waals surface area contributed by atoms with E-state index >= 15 is 0 Å². The number of halogens is 4. The van der Waals surface area contributed by atoms with Crippen LogP contribution in [-0.4, -0.2) is 117 Å². The topological polar surface area (TPSA) is 261 Å². The molecule has 19 nitrogen and oxygen atoms in total. The third-order valence-corrected chi connectivity index (χ3v) is 32.1. The number of esters is 6. The molecule has 30 heteroatoms. The van der Waals surface area contributed by atoms with Crippen LogP contribution in [-0.2, 0) is 97.7 Å². The molecule has 6 aromatic rings. The number of hydrogen-bond donors (Lipinski definition) is 1. The molecular formula is C87H96B3F4O19S4. The summed E-state index contributed by atoms with van der Waals surface area (Å²) < 4.78 is 90.9. The third kappa shape index (κ3) is 18.7. The Balaban J connectivity index is 0.000000130. The molecule has 2 saturated heterocycles. The molecule has 12 atom stereocenters. The van der Waals surface area contributed by atoms with Crippen LogP contribution in [0.15, 0.2) is 175 Å². The monoisotopic (exact) mass is 1680 g/mol. The van der Waals surface area contributed by atoms with Crippen LogP contribution in [0.3, 0.4) is 0 Å². The Morgan fingerprint density at radius 3 is 1.03 bits per heavy atom. The van der Waals surface area contributed by atoms with Crippen molar-refractivity contribution in [3.05, 3.63) is 179 Å². The van der Waals surface area contributed by atoms with Crippen molar-refractivity contribution in [3.8, 4) is 0 Å². The zero-order valence-electron chi connectivity index (χ0n) is 66.6. The highest BCUT2D eigenvalue weighted by Crippen LogP contribution is 2.65. The summed E-state index contributed by atoms with van der Waals surface area (Å²) in [5.41, 5.74) is 6.85. The molecular weight excluding hydrogens is 1590 g/mol. The Kier molecular flexibility index (Phi) is 27.7. The van der Waals surface area contributed by atoms with Crippen LogP contribution in [0.2, 0.25) is 0 Å². The van der Waals surface area contributed by atoms with Crippen molar-refractivity contribution >= 4 is 104 Å². The van der Waals surface area contributed by atoms with E-state index in [1.165, 1.54) is 101 Å². The lowest BCUT2D eigenvalue weighted by Gasteiger charge is -2.59. The molecule has 2 aliphatic heterocycles. The quantitative estimate of drug-likeness (QED) is 0.0115. The average molecular weight is 1680 g/mol. The maximum atomic E-state index is 13.9. The summed E-state index contributed by atoms with van der Waals surface area (Å²) in [5.74, 6) is -4.67. The van der Waals surface area contributed by atoms with E-state index in [2.05, 4.69) is 233 Å².